The van der Waals surface area contributed by atoms with Crippen molar-refractivity contribution in [1.29, 1.82) is 0 Å². The smallest absolute Gasteiger partial charge is 0.0462 e. The molecule has 274 valence electrons. The van der Waals surface area contributed by atoms with Crippen molar-refractivity contribution in [2.45, 2.75) is 5.92 Å². The summed E-state index contributed by atoms with van der Waals surface area (Å²) in [5.74, 6) is 0.0800. The summed E-state index contributed by atoms with van der Waals surface area (Å²) in [5, 5.41) is 5.28. The van der Waals surface area contributed by atoms with Gasteiger partial charge in [0.05, 0.1) is 0 Å². The zero-order valence-electron chi connectivity index (χ0n) is 31.6. The lowest BCUT2D eigenvalue weighted by Gasteiger charge is -2.25. The fraction of sp³-hybridized carbons (Fsp3) is 0.0182. The molecule has 1 nitrogen and oxygen atoms in total. The molecule has 0 N–H and O–H groups in total. The molecule has 0 saturated heterocycles. The van der Waals surface area contributed by atoms with Crippen LogP contribution in [-0.2, 0) is 0 Å². The monoisotopic (exact) mass is 775 g/mol. The number of para-hydroxylation sites is 2. The highest BCUT2D eigenvalue weighted by Gasteiger charge is 2.21. The minimum atomic E-state index is 0.0800. The molecular weight excluding hydrogens is 739 g/mol. The zero-order chi connectivity index (χ0) is 38.4. The molecule has 0 aliphatic rings. The maximum atomic E-state index is 2.45. The van der Waals surface area contributed by atoms with E-state index in [1.807, 2.05) is 22.7 Å². The molecule has 0 aliphatic heterocycles. The molecule has 9 aromatic carbocycles. The van der Waals surface area contributed by atoms with Crippen molar-refractivity contribution in [1.82, 2.24) is 0 Å². The Balaban J connectivity index is 0.975. The van der Waals surface area contributed by atoms with E-state index in [0.717, 1.165) is 17.1 Å². The van der Waals surface area contributed by atoms with E-state index in [0.29, 0.717) is 0 Å². The van der Waals surface area contributed by atoms with Crippen LogP contribution in [0.1, 0.15) is 22.6 Å². The maximum Gasteiger partial charge on any atom is 0.0462 e. The summed E-state index contributed by atoms with van der Waals surface area (Å²) in [6.07, 6.45) is 0. The maximum absolute atomic E-state index is 2.45. The second-order valence-electron chi connectivity index (χ2n) is 14.9. The molecule has 0 radical (unpaired) electrons. The largest absolute Gasteiger partial charge is 0.311 e. The first kappa shape index (κ1) is 34.5. The standard InChI is InChI=1S/C55H37NS2/c1-4-12-37(13-5-1)38-20-22-40(23-21-38)55(42-27-32-52-49(34-42)47-18-10-11-19-51(47)57-52)43-28-33-53-50(35-43)48-31-26-41(36-54(48)58-53)39-24-29-46(30-25-39)56(44-14-6-2-7-15-44)45-16-8-3-9-17-45/h1-36,55H. The lowest BCUT2D eigenvalue weighted by atomic mass is 9.83. The van der Waals surface area contributed by atoms with Crippen molar-refractivity contribution in [2.24, 2.45) is 0 Å². The highest BCUT2D eigenvalue weighted by atomic mass is 32.1. The van der Waals surface area contributed by atoms with Crippen LogP contribution in [0.3, 0.4) is 0 Å². The van der Waals surface area contributed by atoms with Gasteiger partial charge < -0.3 is 4.90 Å². The first-order valence-electron chi connectivity index (χ1n) is 19.8. The number of benzene rings is 9. The average molecular weight is 776 g/mol. The van der Waals surface area contributed by atoms with Crippen LogP contribution < -0.4 is 4.90 Å². The topological polar surface area (TPSA) is 3.24 Å². The van der Waals surface area contributed by atoms with E-state index in [1.54, 1.807) is 0 Å². The van der Waals surface area contributed by atoms with Crippen molar-refractivity contribution in [3.05, 3.63) is 235 Å². The third-order valence-electron chi connectivity index (χ3n) is 11.4. The minimum Gasteiger partial charge on any atom is -0.311 e. The quantitative estimate of drug-likeness (QED) is 0.139. The summed E-state index contributed by atoms with van der Waals surface area (Å²) < 4.78 is 5.28. The Labute approximate surface area is 346 Å². The van der Waals surface area contributed by atoms with Crippen LogP contribution in [0.2, 0.25) is 0 Å². The molecule has 0 bridgehead atoms. The van der Waals surface area contributed by atoms with E-state index in [4.69, 9.17) is 0 Å². The van der Waals surface area contributed by atoms with Gasteiger partial charge in [-0.3, -0.25) is 0 Å². The van der Waals surface area contributed by atoms with Crippen LogP contribution >= 0.6 is 22.7 Å². The molecular formula is C55H37NS2. The minimum absolute atomic E-state index is 0.0800. The van der Waals surface area contributed by atoms with Gasteiger partial charge in [0, 0.05) is 63.3 Å². The molecule has 11 aromatic rings. The van der Waals surface area contributed by atoms with Crippen LogP contribution in [0.4, 0.5) is 17.1 Å². The molecule has 3 heteroatoms. The van der Waals surface area contributed by atoms with Crippen molar-refractivity contribution in [2.75, 3.05) is 4.90 Å². The van der Waals surface area contributed by atoms with E-state index in [9.17, 15) is 0 Å². The highest BCUT2D eigenvalue weighted by Crippen LogP contribution is 2.43. The number of fused-ring (bicyclic) bond motifs is 6. The normalized spacial score (nSPS) is 12.1. The predicted octanol–water partition coefficient (Wildman–Crippen LogP) is 16.4. The van der Waals surface area contributed by atoms with Gasteiger partial charge in [-0.15, -0.1) is 22.7 Å². The molecule has 11 rings (SSSR count). The van der Waals surface area contributed by atoms with Crippen molar-refractivity contribution < 1.29 is 0 Å². The van der Waals surface area contributed by atoms with Crippen LogP contribution in [0.15, 0.2) is 218 Å². The van der Waals surface area contributed by atoms with Gasteiger partial charge in [0.1, 0.15) is 0 Å². The fourth-order valence-electron chi connectivity index (χ4n) is 8.56. The third kappa shape index (κ3) is 6.26. The molecule has 1 unspecified atom stereocenters. The van der Waals surface area contributed by atoms with Crippen LogP contribution in [0.5, 0.6) is 0 Å². The Morgan fingerprint density at radius 1 is 0.276 bits per heavy atom. The Hall–Kier alpha value is -6.78. The highest BCUT2D eigenvalue weighted by molar-refractivity contribution is 7.26. The van der Waals surface area contributed by atoms with E-state index in [-0.39, 0.29) is 5.92 Å². The van der Waals surface area contributed by atoms with Gasteiger partial charge in [-0.1, -0.05) is 146 Å². The number of thiophene rings is 2. The van der Waals surface area contributed by atoms with Gasteiger partial charge in [0.2, 0.25) is 0 Å². The Kier molecular flexibility index (Phi) is 8.69. The summed E-state index contributed by atoms with van der Waals surface area (Å²) >= 11 is 3.76. The Morgan fingerprint density at radius 2 is 0.707 bits per heavy atom. The molecule has 0 amide bonds. The van der Waals surface area contributed by atoms with Gasteiger partial charge in [-0.2, -0.15) is 0 Å². The lowest BCUT2D eigenvalue weighted by Crippen LogP contribution is -2.09. The first-order chi connectivity index (χ1) is 28.7. The molecule has 1 atom stereocenters. The number of nitrogens with zero attached hydrogens (tertiary/aromatic N) is 1. The number of hydrogen-bond donors (Lipinski definition) is 0. The lowest BCUT2D eigenvalue weighted by molar-refractivity contribution is 0.984. The van der Waals surface area contributed by atoms with Crippen molar-refractivity contribution in [3.63, 3.8) is 0 Å². The average Bonchev–Trinajstić information content (AvgIpc) is 3.85. The molecule has 0 fully saturated rings. The Morgan fingerprint density at radius 3 is 1.34 bits per heavy atom. The summed E-state index contributed by atoms with van der Waals surface area (Å²) in [7, 11) is 0. The Bertz CT molecular complexity index is 3160. The molecule has 0 saturated carbocycles. The third-order valence-corrected chi connectivity index (χ3v) is 13.7. The van der Waals surface area contributed by atoms with Crippen LogP contribution in [-0.4, -0.2) is 0 Å². The SMILES string of the molecule is c1ccc(-c2ccc(C(c3ccc4sc5ccccc5c4c3)c3ccc4sc5cc(-c6ccc(N(c7ccccc7)c7ccccc7)cc6)ccc5c4c3)cc2)cc1. The number of anilines is 3. The van der Waals surface area contributed by atoms with E-state index < -0.39 is 0 Å². The molecule has 2 heterocycles. The molecule has 58 heavy (non-hydrogen) atoms. The molecule has 0 spiro atoms. The molecule has 0 aliphatic carbocycles. The predicted molar refractivity (Wildman–Crippen MR) is 252 cm³/mol. The second-order valence-corrected chi connectivity index (χ2v) is 17.1. The first-order valence-corrected chi connectivity index (χ1v) is 21.4. The van der Waals surface area contributed by atoms with E-state index in [1.165, 1.54) is 79.3 Å². The van der Waals surface area contributed by atoms with Gasteiger partial charge >= 0.3 is 0 Å². The number of hydrogen-bond acceptors (Lipinski definition) is 3. The van der Waals surface area contributed by atoms with E-state index >= 15 is 0 Å². The fourth-order valence-corrected chi connectivity index (χ4v) is 10.8. The van der Waals surface area contributed by atoms with Gasteiger partial charge in [-0.25, -0.2) is 0 Å². The van der Waals surface area contributed by atoms with Crippen molar-refractivity contribution in [3.8, 4) is 22.3 Å². The summed E-state index contributed by atoms with van der Waals surface area (Å²) in [5.41, 5.74) is 12.2. The number of rotatable bonds is 8. The van der Waals surface area contributed by atoms with Gasteiger partial charge in [0.25, 0.3) is 0 Å². The van der Waals surface area contributed by atoms with E-state index in [2.05, 4.69) is 223 Å². The summed E-state index contributed by atoms with van der Waals surface area (Å²) in [6.45, 7) is 0. The zero-order valence-corrected chi connectivity index (χ0v) is 33.3. The van der Waals surface area contributed by atoms with Crippen LogP contribution in [0, 0.1) is 0 Å². The van der Waals surface area contributed by atoms with Crippen molar-refractivity contribution >= 4 is 80.1 Å². The summed E-state index contributed by atoms with van der Waals surface area (Å²) in [6, 6.07) is 80.1. The van der Waals surface area contributed by atoms with Gasteiger partial charge in [0.15, 0.2) is 0 Å². The molecule has 2 aromatic heterocycles. The van der Waals surface area contributed by atoms with Gasteiger partial charge in [-0.05, 0) is 112 Å². The summed E-state index contributed by atoms with van der Waals surface area (Å²) in [4.78, 5) is 2.31. The van der Waals surface area contributed by atoms with Crippen LogP contribution in [0.25, 0.3) is 62.6 Å². The second kappa shape index (κ2) is 14.6.